The average molecular weight is 656 g/mol. The number of furan rings is 1. The number of benzene rings is 5. The van der Waals surface area contributed by atoms with Gasteiger partial charge in [0.25, 0.3) is 0 Å². The fourth-order valence-corrected chi connectivity index (χ4v) is 8.23. The van der Waals surface area contributed by atoms with Gasteiger partial charge in [-0.05, 0) is 95.4 Å². The average Bonchev–Trinajstić information content (AvgIpc) is 3.70. The fourth-order valence-electron chi connectivity index (χ4n) is 8.23. The second-order valence-electron chi connectivity index (χ2n) is 13.6. The summed E-state index contributed by atoms with van der Waals surface area (Å²) in [5.41, 5.74) is 14.0. The quantitative estimate of drug-likeness (QED) is 0.185. The van der Waals surface area contributed by atoms with Gasteiger partial charge in [0.05, 0.1) is 17.4 Å². The van der Waals surface area contributed by atoms with Crippen LogP contribution in [0.1, 0.15) is 18.1 Å². The van der Waals surface area contributed by atoms with Gasteiger partial charge in [-0.15, -0.1) is 0 Å². The molecule has 2 atom stereocenters. The van der Waals surface area contributed by atoms with E-state index < -0.39 is 0 Å². The van der Waals surface area contributed by atoms with Crippen LogP contribution in [-0.4, -0.2) is 16.0 Å². The highest BCUT2D eigenvalue weighted by Gasteiger charge is 2.47. The number of aromatic nitrogens is 2. The van der Waals surface area contributed by atoms with E-state index in [1.807, 2.05) is 36.7 Å². The second-order valence-corrected chi connectivity index (χ2v) is 13.6. The normalized spacial score (nSPS) is 17.8. The third-order valence-electron chi connectivity index (χ3n) is 10.6. The van der Waals surface area contributed by atoms with Crippen LogP contribution in [0.15, 0.2) is 181 Å². The number of hydrogen-bond acceptors (Lipinski definition) is 4. The first kappa shape index (κ1) is 29.4. The molecule has 0 saturated heterocycles. The maximum absolute atomic E-state index is 6.24. The van der Waals surface area contributed by atoms with Crippen LogP contribution in [0.3, 0.4) is 0 Å². The largest absolute Gasteiger partial charge is 0.456 e. The van der Waals surface area contributed by atoms with Gasteiger partial charge in [0.15, 0.2) is 0 Å². The highest BCUT2D eigenvalue weighted by atomic mass is 16.3. The molecule has 4 heteroatoms. The molecule has 0 saturated carbocycles. The molecular formula is C47H33N3O. The Hall–Kier alpha value is -6.52. The number of nitrogens with zero attached hydrogens (tertiary/aromatic N) is 3. The van der Waals surface area contributed by atoms with Crippen LogP contribution in [0.4, 0.5) is 11.4 Å². The molecule has 4 heterocycles. The number of pyridine rings is 2. The highest BCUT2D eigenvalue weighted by molar-refractivity contribution is 6.06. The third kappa shape index (κ3) is 4.68. The van der Waals surface area contributed by atoms with Crippen LogP contribution in [-0.2, 0) is 5.41 Å². The van der Waals surface area contributed by atoms with Crippen molar-refractivity contribution in [2.75, 3.05) is 4.90 Å². The summed E-state index contributed by atoms with van der Waals surface area (Å²) in [6, 6.07) is 51.4. The van der Waals surface area contributed by atoms with Gasteiger partial charge < -0.3 is 9.32 Å². The maximum atomic E-state index is 6.24. The van der Waals surface area contributed by atoms with E-state index in [-0.39, 0.29) is 11.5 Å². The number of fused-ring (bicyclic) bond motifs is 6. The van der Waals surface area contributed by atoms with Crippen molar-refractivity contribution in [1.29, 1.82) is 0 Å². The minimum absolute atomic E-state index is 0.0511. The Morgan fingerprint density at radius 3 is 1.98 bits per heavy atom. The molecule has 8 aromatic rings. The zero-order valence-electron chi connectivity index (χ0n) is 28.1. The summed E-state index contributed by atoms with van der Waals surface area (Å²) in [6.07, 6.45) is 10.9. The molecule has 0 N–H and O–H groups in total. The zero-order valence-corrected chi connectivity index (χ0v) is 28.1. The van der Waals surface area contributed by atoms with E-state index in [1.165, 1.54) is 33.5 Å². The molecule has 2 unspecified atom stereocenters. The van der Waals surface area contributed by atoms with Crippen molar-refractivity contribution in [2.45, 2.75) is 18.4 Å². The van der Waals surface area contributed by atoms with Crippen LogP contribution < -0.4 is 4.90 Å². The van der Waals surface area contributed by atoms with Crippen molar-refractivity contribution in [3.05, 3.63) is 187 Å². The van der Waals surface area contributed by atoms with E-state index >= 15 is 0 Å². The lowest BCUT2D eigenvalue weighted by Gasteiger charge is -2.36. The van der Waals surface area contributed by atoms with Crippen LogP contribution in [0, 0.1) is 0 Å². The molecule has 0 bridgehead atoms. The second kappa shape index (κ2) is 11.5. The van der Waals surface area contributed by atoms with Crippen LogP contribution in [0.2, 0.25) is 0 Å². The molecule has 51 heavy (non-hydrogen) atoms. The van der Waals surface area contributed by atoms with Crippen molar-refractivity contribution >= 4 is 38.9 Å². The van der Waals surface area contributed by atoms with E-state index in [9.17, 15) is 0 Å². The van der Waals surface area contributed by atoms with Gasteiger partial charge in [0.1, 0.15) is 11.2 Å². The van der Waals surface area contributed by atoms with Crippen molar-refractivity contribution < 1.29 is 4.42 Å². The van der Waals surface area contributed by atoms with Gasteiger partial charge in [-0.25, -0.2) is 0 Å². The lowest BCUT2D eigenvalue weighted by molar-refractivity contribution is 0.553. The van der Waals surface area contributed by atoms with E-state index in [0.717, 1.165) is 50.1 Å². The Morgan fingerprint density at radius 1 is 0.588 bits per heavy atom. The molecule has 10 rings (SSSR count). The minimum atomic E-state index is -0.347. The highest BCUT2D eigenvalue weighted by Crippen LogP contribution is 2.54. The van der Waals surface area contributed by atoms with Gasteiger partial charge in [-0.3, -0.25) is 9.97 Å². The van der Waals surface area contributed by atoms with Gasteiger partial charge in [-0.2, -0.15) is 0 Å². The van der Waals surface area contributed by atoms with E-state index in [2.05, 4.69) is 151 Å². The molecule has 0 radical (unpaired) electrons. The molecule has 0 fully saturated rings. The van der Waals surface area contributed by atoms with Crippen LogP contribution in [0.5, 0.6) is 0 Å². The first-order valence-electron chi connectivity index (χ1n) is 17.4. The van der Waals surface area contributed by atoms with E-state index in [1.54, 1.807) is 0 Å². The Bertz CT molecular complexity index is 2670. The predicted octanol–water partition coefficient (Wildman–Crippen LogP) is 11.8. The number of hydrogen-bond donors (Lipinski definition) is 0. The molecule has 3 aromatic heterocycles. The summed E-state index contributed by atoms with van der Waals surface area (Å²) in [5, 5.41) is 2.25. The summed E-state index contributed by atoms with van der Waals surface area (Å²) in [7, 11) is 0. The van der Waals surface area contributed by atoms with Gasteiger partial charge in [-0.1, -0.05) is 103 Å². The topological polar surface area (TPSA) is 42.2 Å². The number of para-hydroxylation sites is 1. The summed E-state index contributed by atoms with van der Waals surface area (Å²) >= 11 is 0. The smallest absolute Gasteiger partial charge is 0.135 e. The molecule has 0 amide bonds. The first-order valence-corrected chi connectivity index (χ1v) is 17.4. The van der Waals surface area contributed by atoms with Gasteiger partial charge >= 0.3 is 0 Å². The van der Waals surface area contributed by atoms with E-state index in [4.69, 9.17) is 14.4 Å². The lowest BCUT2D eigenvalue weighted by Crippen LogP contribution is -2.39. The molecule has 5 aromatic carbocycles. The summed E-state index contributed by atoms with van der Waals surface area (Å²) in [5.74, 6) is 0. The van der Waals surface area contributed by atoms with Crippen LogP contribution in [0.25, 0.3) is 61.2 Å². The van der Waals surface area contributed by atoms with Crippen molar-refractivity contribution in [3.8, 4) is 33.6 Å². The molecule has 0 spiro atoms. The number of anilines is 2. The van der Waals surface area contributed by atoms with Gasteiger partial charge in [0, 0.05) is 51.1 Å². The van der Waals surface area contributed by atoms with Crippen LogP contribution >= 0.6 is 0 Å². The third-order valence-corrected chi connectivity index (χ3v) is 10.6. The summed E-state index contributed by atoms with van der Waals surface area (Å²) in [6.45, 7) is 2.39. The Balaban J connectivity index is 1.17. The minimum Gasteiger partial charge on any atom is -0.456 e. The Labute approximate surface area is 296 Å². The number of rotatable bonds is 5. The molecule has 2 aliphatic rings. The molecule has 1 aliphatic heterocycles. The SMILES string of the molecule is CC12C=C(c3ccccc3-c3ccccn3)C=CC1N(c1ccc3oc4ccccc4c3c1)c1ccc(-c3ccccc3-c3ccccn3)cc12. The summed E-state index contributed by atoms with van der Waals surface area (Å²) in [4.78, 5) is 12.0. The zero-order chi connectivity index (χ0) is 33.9. The van der Waals surface area contributed by atoms with Crippen molar-refractivity contribution in [2.24, 2.45) is 0 Å². The lowest BCUT2D eigenvalue weighted by atomic mass is 9.72. The monoisotopic (exact) mass is 655 g/mol. The molecular weight excluding hydrogens is 623 g/mol. The standard InChI is InChI=1S/C47H33N3O/c1-47-30-32(35-13-3-5-15-37(35)42-18-9-11-27-49-42)21-25-46(47)50(33-22-24-45-39(29-33)38-16-6-7-19-44(38)51-45)43-23-20-31(28-40(43)47)34-12-2-4-14-36(34)41-17-8-10-26-48-41/h2-30,46H,1H3. The molecule has 242 valence electrons. The van der Waals surface area contributed by atoms with Gasteiger partial charge in [0.2, 0.25) is 0 Å². The van der Waals surface area contributed by atoms with E-state index in [0.29, 0.717) is 0 Å². The van der Waals surface area contributed by atoms with Crippen molar-refractivity contribution in [3.63, 3.8) is 0 Å². The first-order chi connectivity index (χ1) is 25.2. The number of allylic oxidation sites excluding steroid dienone is 2. The van der Waals surface area contributed by atoms with Crippen molar-refractivity contribution in [1.82, 2.24) is 9.97 Å². The predicted molar refractivity (Wildman–Crippen MR) is 209 cm³/mol. The maximum Gasteiger partial charge on any atom is 0.135 e. The summed E-state index contributed by atoms with van der Waals surface area (Å²) < 4.78 is 6.24. The Kier molecular flexibility index (Phi) is 6.65. The molecule has 1 aliphatic carbocycles. The fraction of sp³-hybridized carbons (Fsp3) is 0.0638. The Morgan fingerprint density at radius 2 is 1.24 bits per heavy atom. The molecule has 4 nitrogen and oxygen atoms in total.